The number of nitrogens with one attached hydrogen (secondary N) is 1. The zero-order valence-electron chi connectivity index (χ0n) is 15.2. The molecule has 1 aromatic carbocycles. The van der Waals surface area contributed by atoms with E-state index in [1.807, 2.05) is 18.2 Å². The van der Waals surface area contributed by atoms with Crippen LogP contribution in [-0.4, -0.2) is 56.2 Å². The number of hydrogen-bond donors (Lipinski definition) is 1. The van der Waals surface area contributed by atoms with Gasteiger partial charge in [-0.2, -0.15) is 0 Å². The van der Waals surface area contributed by atoms with Gasteiger partial charge in [-0.05, 0) is 24.3 Å². The summed E-state index contributed by atoms with van der Waals surface area (Å²) in [5, 5.41) is 3.20. The lowest BCUT2D eigenvalue weighted by molar-refractivity contribution is 0.366. The lowest BCUT2D eigenvalue weighted by Crippen LogP contribution is -2.52. The lowest BCUT2D eigenvalue weighted by Gasteiger charge is -2.38. The smallest absolute Gasteiger partial charge is 0.194 e. The topological polar surface area (TPSA) is 53.0 Å². The van der Waals surface area contributed by atoms with E-state index < -0.39 is 0 Å². The van der Waals surface area contributed by atoms with Crippen LogP contribution < -0.4 is 15.0 Å². The summed E-state index contributed by atoms with van der Waals surface area (Å²) in [6, 6.07) is 11.0. The molecule has 138 valence electrons. The third kappa shape index (κ3) is 4.04. The Hall–Kier alpha value is -2.83. The summed E-state index contributed by atoms with van der Waals surface area (Å²) < 4.78 is 19.2. The molecule has 0 radical (unpaired) electrons. The van der Waals surface area contributed by atoms with Gasteiger partial charge >= 0.3 is 0 Å². The number of benzene rings is 1. The van der Waals surface area contributed by atoms with Crippen LogP contribution in [0.1, 0.15) is 5.69 Å². The number of anilines is 1. The Bertz CT molecular complexity index is 759. The van der Waals surface area contributed by atoms with Crippen LogP contribution in [0.2, 0.25) is 0 Å². The van der Waals surface area contributed by atoms with Gasteiger partial charge in [-0.3, -0.25) is 9.98 Å². The van der Waals surface area contributed by atoms with E-state index in [2.05, 4.69) is 31.2 Å². The standard InChI is InChI=1S/C19H24FN5O/c1-21-19(23-14-16-15(20)6-5-9-22-16)25-12-10-24(11-13-25)17-7-3-4-8-18(17)26-2/h3-9H,10-14H2,1-2H3,(H,21,23). The molecule has 3 rings (SSSR count). The van der Waals surface area contributed by atoms with E-state index in [4.69, 9.17) is 4.74 Å². The highest BCUT2D eigenvalue weighted by Crippen LogP contribution is 2.28. The minimum atomic E-state index is -0.309. The van der Waals surface area contributed by atoms with Gasteiger partial charge in [0.1, 0.15) is 11.6 Å². The number of halogens is 1. The number of guanidine groups is 1. The highest BCUT2D eigenvalue weighted by Gasteiger charge is 2.21. The molecule has 1 saturated heterocycles. The highest BCUT2D eigenvalue weighted by molar-refractivity contribution is 5.80. The second kappa shape index (κ2) is 8.51. The number of piperazine rings is 1. The van der Waals surface area contributed by atoms with Crippen LogP contribution >= 0.6 is 0 Å². The predicted molar refractivity (Wildman–Crippen MR) is 101 cm³/mol. The van der Waals surface area contributed by atoms with E-state index in [9.17, 15) is 4.39 Å². The maximum absolute atomic E-state index is 13.7. The molecule has 7 heteroatoms. The Labute approximate surface area is 153 Å². The molecule has 0 spiro atoms. The number of rotatable bonds is 4. The third-order valence-electron chi connectivity index (χ3n) is 4.47. The summed E-state index contributed by atoms with van der Waals surface area (Å²) in [4.78, 5) is 12.9. The molecular formula is C19H24FN5O. The fourth-order valence-corrected chi connectivity index (χ4v) is 3.09. The summed E-state index contributed by atoms with van der Waals surface area (Å²) in [6.07, 6.45) is 1.59. The van der Waals surface area contributed by atoms with Crippen molar-refractivity contribution in [2.45, 2.75) is 6.54 Å². The monoisotopic (exact) mass is 357 g/mol. The molecule has 2 aromatic rings. The largest absolute Gasteiger partial charge is 0.495 e. The van der Waals surface area contributed by atoms with Gasteiger partial charge in [-0.25, -0.2) is 4.39 Å². The molecule has 6 nitrogen and oxygen atoms in total. The zero-order valence-corrected chi connectivity index (χ0v) is 15.2. The van der Waals surface area contributed by atoms with Gasteiger partial charge in [-0.15, -0.1) is 0 Å². The fourth-order valence-electron chi connectivity index (χ4n) is 3.09. The first kappa shape index (κ1) is 18.0. The first-order valence-electron chi connectivity index (χ1n) is 8.66. The van der Waals surface area contributed by atoms with Gasteiger partial charge < -0.3 is 19.9 Å². The average Bonchev–Trinajstić information content (AvgIpc) is 2.70. The molecular weight excluding hydrogens is 333 g/mol. The van der Waals surface area contributed by atoms with Crippen molar-refractivity contribution in [2.75, 3.05) is 45.2 Å². The van der Waals surface area contributed by atoms with E-state index in [1.165, 1.54) is 6.07 Å². The molecule has 1 aromatic heterocycles. The van der Waals surface area contributed by atoms with Crippen LogP contribution in [0, 0.1) is 5.82 Å². The number of para-hydroxylation sites is 2. The number of aliphatic imine (C=N–C) groups is 1. The second-order valence-corrected chi connectivity index (χ2v) is 5.98. The van der Waals surface area contributed by atoms with Crippen molar-refractivity contribution in [1.29, 1.82) is 0 Å². The molecule has 0 amide bonds. The number of nitrogens with zero attached hydrogens (tertiary/aromatic N) is 4. The molecule has 1 fully saturated rings. The fraction of sp³-hybridized carbons (Fsp3) is 0.368. The summed E-state index contributed by atoms with van der Waals surface area (Å²) in [5.41, 5.74) is 1.49. The summed E-state index contributed by atoms with van der Waals surface area (Å²) >= 11 is 0. The molecule has 1 aliphatic rings. The van der Waals surface area contributed by atoms with Gasteiger partial charge in [0.2, 0.25) is 0 Å². The Morgan fingerprint density at radius 2 is 1.96 bits per heavy atom. The van der Waals surface area contributed by atoms with Crippen LogP contribution in [0.4, 0.5) is 10.1 Å². The molecule has 26 heavy (non-hydrogen) atoms. The Balaban J connectivity index is 1.58. The number of pyridine rings is 1. The maximum Gasteiger partial charge on any atom is 0.194 e. The lowest BCUT2D eigenvalue weighted by atomic mass is 10.2. The van der Waals surface area contributed by atoms with E-state index in [-0.39, 0.29) is 5.82 Å². The Morgan fingerprint density at radius 3 is 2.65 bits per heavy atom. The van der Waals surface area contributed by atoms with Crippen LogP contribution in [0.3, 0.4) is 0 Å². The molecule has 0 bridgehead atoms. The van der Waals surface area contributed by atoms with Gasteiger partial charge in [-0.1, -0.05) is 12.1 Å². The van der Waals surface area contributed by atoms with Crippen molar-refractivity contribution in [1.82, 2.24) is 15.2 Å². The number of methoxy groups -OCH3 is 1. The van der Waals surface area contributed by atoms with E-state index in [0.29, 0.717) is 12.2 Å². The van der Waals surface area contributed by atoms with Crippen LogP contribution in [0.15, 0.2) is 47.6 Å². The Kier molecular flexibility index (Phi) is 5.88. The summed E-state index contributed by atoms with van der Waals surface area (Å²) in [5.74, 6) is 1.33. The predicted octanol–water partition coefficient (Wildman–Crippen LogP) is 2.13. The van der Waals surface area contributed by atoms with Crippen LogP contribution in [-0.2, 0) is 6.54 Å². The van der Waals surface area contributed by atoms with E-state index in [0.717, 1.165) is 43.6 Å². The SMILES string of the molecule is CN=C(NCc1ncccc1F)N1CCN(c2ccccc2OC)CC1. The quantitative estimate of drug-likeness (QED) is 0.671. The van der Waals surface area contributed by atoms with Crippen molar-refractivity contribution in [2.24, 2.45) is 4.99 Å². The molecule has 0 saturated carbocycles. The molecule has 0 atom stereocenters. The number of ether oxygens (including phenoxy) is 1. The molecule has 0 unspecified atom stereocenters. The molecule has 2 heterocycles. The van der Waals surface area contributed by atoms with Crippen molar-refractivity contribution < 1.29 is 9.13 Å². The first-order valence-corrected chi connectivity index (χ1v) is 8.66. The van der Waals surface area contributed by atoms with Crippen molar-refractivity contribution in [3.8, 4) is 5.75 Å². The summed E-state index contributed by atoms with van der Waals surface area (Å²) in [6.45, 7) is 3.68. The second-order valence-electron chi connectivity index (χ2n) is 5.98. The summed E-state index contributed by atoms with van der Waals surface area (Å²) in [7, 11) is 3.43. The van der Waals surface area contributed by atoms with Crippen LogP contribution in [0.5, 0.6) is 5.75 Å². The maximum atomic E-state index is 13.7. The minimum Gasteiger partial charge on any atom is -0.495 e. The van der Waals surface area contributed by atoms with Crippen LogP contribution in [0.25, 0.3) is 0 Å². The number of hydrogen-bond acceptors (Lipinski definition) is 4. The minimum absolute atomic E-state index is 0.309. The first-order chi connectivity index (χ1) is 12.7. The molecule has 1 N–H and O–H groups in total. The van der Waals surface area contributed by atoms with Gasteiger partial charge in [0, 0.05) is 39.4 Å². The average molecular weight is 357 g/mol. The highest BCUT2D eigenvalue weighted by atomic mass is 19.1. The molecule has 1 aliphatic heterocycles. The van der Waals surface area contributed by atoms with E-state index >= 15 is 0 Å². The normalized spacial score (nSPS) is 15.1. The van der Waals surface area contributed by atoms with Crippen molar-refractivity contribution in [3.05, 3.63) is 54.1 Å². The van der Waals surface area contributed by atoms with Gasteiger partial charge in [0.15, 0.2) is 5.96 Å². The number of aromatic nitrogens is 1. The Morgan fingerprint density at radius 1 is 1.19 bits per heavy atom. The molecule has 0 aliphatic carbocycles. The van der Waals surface area contributed by atoms with Crippen molar-refractivity contribution in [3.63, 3.8) is 0 Å². The van der Waals surface area contributed by atoms with Gasteiger partial charge in [0.25, 0.3) is 0 Å². The van der Waals surface area contributed by atoms with E-state index in [1.54, 1.807) is 26.4 Å². The third-order valence-corrected chi connectivity index (χ3v) is 4.47. The van der Waals surface area contributed by atoms with Crippen molar-refractivity contribution >= 4 is 11.6 Å². The van der Waals surface area contributed by atoms with Gasteiger partial charge in [0.05, 0.1) is 25.0 Å². The zero-order chi connectivity index (χ0) is 18.4.